The quantitative estimate of drug-likeness (QED) is 0.320. The van der Waals surface area contributed by atoms with Crippen molar-refractivity contribution in [3.63, 3.8) is 0 Å². The normalized spacial score (nSPS) is 17.2. The first kappa shape index (κ1) is 27.1. The molecule has 2 aromatic carbocycles. The molecule has 0 spiro atoms. The van der Waals surface area contributed by atoms with Crippen molar-refractivity contribution in [1.82, 2.24) is 10.3 Å². The van der Waals surface area contributed by atoms with Gasteiger partial charge in [0.1, 0.15) is 0 Å². The van der Waals surface area contributed by atoms with E-state index in [9.17, 15) is 22.8 Å². The van der Waals surface area contributed by atoms with Crippen LogP contribution in [0.25, 0.3) is 0 Å². The molecule has 2 heterocycles. The van der Waals surface area contributed by atoms with E-state index in [1.807, 2.05) is 0 Å². The van der Waals surface area contributed by atoms with Gasteiger partial charge in [0, 0.05) is 50.3 Å². The molecule has 4 rings (SSSR count). The first-order chi connectivity index (χ1) is 18.1. The van der Waals surface area contributed by atoms with Crippen molar-refractivity contribution in [2.24, 2.45) is 5.41 Å². The molecule has 1 fully saturated rings. The van der Waals surface area contributed by atoms with Crippen LogP contribution in [-0.2, 0) is 22.3 Å². The van der Waals surface area contributed by atoms with E-state index in [2.05, 4.69) is 20.9 Å². The number of carbonyl (C=O) groups is 2. The van der Waals surface area contributed by atoms with Crippen LogP contribution in [0.3, 0.4) is 0 Å². The zero-order chi connectivity index (χ0) is 27.3. The molecular weight excluding hydrogens is 497 g/mol. The van der Waals surface area contributed by atoms with E-state index in [0.29, 0.717) is 35.5 Å². The van der Waals surface area contributed by atoms with Gasteiger partial charge in [0.05, 0.1) is 29.0 Å². The van der Waals surface area contributed by atoms with Gasteiger partial charge in [-0.2, -0.15) is 13.2 Å². The number of Topliss-reactive ketones (excluding diaryl/α,β-unsaturated/α-hetero) is 1. The Balaban J connectivity index is 1.40. The molecule has 0 aliphatic carbocycles. The summed E-state index contributed by atoms with van der Waals surface area (Å²) < 4.78 is 45.8. The summed E-state index contributed by atoms with van der Waals surface area (Å²) in [4.78, 5) is 30.2. The number of amides is 1. The number of anilines is 3. The van der Waals surface area contributed by atoms with E-state index in [1.54, 1.807) is 56.6 Å². The summed E-state index contributed by atoms with van der Waals surface area (Å²) in [6.45, 7) is 2.34. The van der Waals surface area contributed by atoms with Gasteiger partial charge in [-0.3, -0.25) is 14.6 Å². The van der Waals surface area contributed by atoms with Gasteiger partial charge in [0.25, 0.3) is 0 Å². The van der Waals surface area contributed by atoms with Crippen molar-refractivity contribution < 1.29 is 27.5 Å². The van der Waals surface area contributed by atoms with Crippen LogP contribution in [0.5, 0.6) is 0 Å². The fourth-order valence-corrected chi connectivity index (χ4v) is 4.38. The van der Waals surface area contributed by atoms with E-state index in [0.717, 1.165) is 11.6 Å². The number of carbonyl (C=O) groups excluding carboxylic acids is 2. The van der Waals surface area contributed by atoms with Crippen molar-refractivity contribution in [2.45, 2.75) is 32.5 Å². The van der Waals surface area contributed by atoms with Crippen molar-refractivity contribution in [2.75, 3.05) is 30.9 Å². The Bertz CT molecular complexity index is 1300. The highest BCUT2D eigenvalue weighted by atomic mass is 19.4. The molecule has 1 amide bonds. The molecule has 1 atom stereocenters. The molecule has 1 aliphatic rings. The highest BCUT2D eigenvalue weighted by Gasteiger charge is 2.44. The second-order valence-electron chi connectivity index (χ2n) is 9.45. The lowest BCUT2D eigenvalue weighted by molar-refractivity contribution is -0.137. The van der Waals surface area contributed by atoms with Crippen molar-refractivity contribution in [3.05, 3.63) is 83.2 Å². The topological polar surface area (TPSA) is 92.4 Å². The van der Waals surface area contributed by atoms with Gasteiger partial charge >= 0.3 is 6.18 Å². The van der Waals surface area contributed by atoms with Gasteiger partial charge in [-0.05, 0) is 49.2 Å². The maximum absolute atomic E-state index is 13.4. The molecule has 0 bridgehead atoms. The van der Waals surface area contributed by atoms with Crippen molar-refractivity contribution in [3.8, 4) is 0 Å². The largest absolute Gasteiger partial charge is 0.418 e. The Morgan fingerprint density at radius 1 is 1.05 bits per heavy atom. The van der Waals surface area contributed by atoms with Crippen LogP contribution >= 0.6 is 0 Å². The van der Waals surface area contributed by atoms with Crippen LogP contribution in [0.1, 0.15) is 39.9 Å². The number of pyridine rings is 1. The molecule has 7 nitrogen and oxygen atoms in total. The third-order valence-corrected chi connectivity index (χ3v) is 6.60. The lowest BCUT2D eigenvalue weighted by Gasteiger charge is -2.25. The number of nitrogens with one attached hydrogen (secondary N) is 3. The predicted molar refractivity (Wildman–Crippen MR) is 138 cm³/mol. The fourth-order valence-electron chi connectivity index (χ4n) is 4.38. The molecule has 38 heavy (non-hydrogen) atoms. The Morgan fingerprint density at radius 3 is 2.47 bits per heavy atom. The molecule has 10 heteroatoms. The molecular formula is C28H29F3N4O3. The third kappa shape index (κ3) is 6.31. The maximum Gasteiger partial charge on any atom is 0.418 e. The fraction of sp³-hybridized carbons (Fsp3) is 0.321. The Kier molecular flexibility index (Phi) is 8.01. The summed E-state index contributed by atoms with van der Waals surface area (Å²) in [5.41, 5.74) is 1.13. The number of ketones is 1. The maximum atomic E-state index is 13.4. The van der Waals surface area contributed by atoms with Crippen molar-refractivity contribution >= 4 is 28.8 Å². The summed E-state index contributed by atoms with van der Waals surface area (Å²) in [5, 5.41) is 8.66. The highest BCUT2D eigenvalue weighted by Crippen LogP contribution is 2.37. The summed E-state index contributed by atoms with van der Waals surface area (Å²) in [7, 11) is 1.73. The third-order valence-electron chi connectivity index (χ3n) is 6.60. The van der Waals surface area contributed by atoms with Crippen LogP contribution < -0.4 is 16.0 Å². The summed E-state index contributed by atoms with van der Waals surface area (Å²) in [5.74, 6) is -0.474. The Hall–Kier alpha value is -3.92. The standard InChI is InChI=1S/C28H29F3N4O3/c1-18-3-8-24(23(11-18)28(29,30)31)35-21-6-4-19(5-7-21)14-34-26(37)27(9-10-38-17-27)13-25(36)20-12-22(32-2)16-33-15-20/h3-8,11-12,15-16,32,35H,9-10,13-14,17H2,1-2H3,(H,34,37)/t27-/m0/s1. The van der Waals surface area contributed by atoms with Gasteiger partial charge < -0.3 is 20.7 Å². The summed E-state index contributed by atoms with van der Waals surface area (Å²) in [6, 6.07) is 12.6. The minimum Gasteiger partial charge on any atom is -0.387 e. The second-order valence-corrected chi connectivity index (χ2v) is 9.45. The second kappa shape index (κ2) is 11.2. The lowest BCUT2D eigenvalue weighted by Crippen LogP contribution is -2.42. The summed E-state index contributed by atoms with van der Waals surface area (Å²) >= 11 is 0. The zero-order valence-electron chi connectivity index (χ0n) is 21.1. The van der Waals surface area contributed by atoms with Crippen LogP contribution in [0.4, 0.5) is 30.2 Å². The number of hydrogen-bond donors (Lipinski definition) is 3. The van der Waals surface area contributed by atoms with E-state index >= 15 is 0 Å². The monoisotopic (exact) mass is 526 g/mol. The van der Waals surface area contributed by atoms with E-state index in [1.165, 1.54) is 12.3 Å². The molecule has 200 valence electrons. The number of rotatable bonds is 9. The van der Waals surface area contributed by atoms with Crippen molar-refractivity contribution in [1.29, 1.82) is 0 Å². The Morgan fingerprint density at radius 2 is 1.82 bits per heavy atom. The number of benzene rings is 2. The number of hydrogen-bond acceptors (Lipinski definition) is 6. The zero-order valence-corrected chi connectivity index (χ0v) is 21.1. The average molecular weight is 527 g/mol. The number of ether oxygens (including phenoxy) is 1. The van der Waals surface area contributed by atoms with Gasteiger partial charge in [0.2, 0.25) is 5.91 Å². The first-order valence-corrected chi connectivity index (χ1v) is 12.2. The first-order valence-electron chi connectivity index (χ1n) is 12.2. The molecule has 1 aliphatic heterocycles. The highest BCUT2D eigenvalue weighted by molar-refractivity contribution is 6.00. The van der Waals surface area contributed by atoms with Crippen LogP contribution in [-0.4, -0.2) is 36.9 Å². The van der Waals surface area contributed by atoms with Gasteiger partial charge in [-0.25, -0.2) is 0 Å². The summed E-state index contributed by atoms with van der Waals surface area (Å²) in [6.07, 6.45) is -0.978. The van der Waals surface area contributed by atoms with Crippen LogP contribution in [0.2, 0.25) is 0 Å². The van der Waals surface area contributed by atoms with Crippen LogP contribution in [0.15, 0.2) is 60.9 Å². The SMILES string of the molecule is CNc1cncc(C(=O)C[C@@]2(C(=O)NCc3ccc(Nc4ccc(C)cc4C(F)(F)F)cc3)CCOC2)c1. The smallest absolute Gasteiger partial charge is 0.387 e. The molecule has 0 radical (unpaired) electrons. The minimum absolute atomic E-state index is 0.00533. The predicted octanol–water partition coefficient (Wildman–Crippen LogP) is 5.49. The average Bonchev–Trinajstić information content (AvgIpc) is 3.38. The van der Waals surface area contributed by atoms with E-state index < -0.39 is 17.2 Å². The lowest BCUT2D eigenvalue weighted by atomic mass is 9.80. The molecule has 3 aromatic rings. The number of halogens is 3. The molecule has 3 N–H and O–H groups in total. The number of alkyl halides is 3. The van der Waals surface area contributed by atoms with Crippen LogP contribution in [0, 0.1) is 12.3 Å². The van der Waals surface area contributed by atoms with E-state index in [4.69, 9.17) is 4.74 Å². The van der Waals surface area contributed by atoms with E-state index in [-0.39, 0.29) is 37.0 Å². The number of nitrogens with zero attached hydrogens (tertiary/aromatic N) is 1. The van der Waals surface area contributed by atoms with Gasteiger partial charge in [-0.1, -0.05) is 23.8 Å². The van der Waals surface area contributed by atoms with Gasteiger partial charge in [0.15, 0.2) is 5.78 Å². The Labute approximate surface area is 218 Å². The number of aryl methyl sites for hydroxylation is 1. The molecule has 1 aromatic heterocycles. The molecule has 0 unspecified atom stereocenters. The number of aromatic nitrogens is 1. The molecule has 0 saturated carbocycles. The minimum atomic E-state index is -4.48. The molecule has 1 saturated heterocycles. The van der Waals surface area contributed by atoms with Gasteiger partial charge in [-0.15, -0.1) is 0 Å².